The average Bonchev–Trinajstić information content (AvgIpc) is 2.38. The van der Waals surface area contributed by atoms with Crippen molar-refractivity contribution in [2.24, 2.45) is 0 Å². The fourth-order valence-electron chi connectivity index (χ4n) is 1.68. The first-order chi connectivity index (χ1) is 8.27. The van der Waals surface area contributed by atoms with Gasteiger partial charge in [-0.25, -0.2) is 0 Å². The molecule has 0 aliphatic heterocycles. The van der Waals surface area contributed by atoms with Crippen molar-refractivity contribution in [1.82, 2.24) is 9.88 Å². The third-order valence-corrected chi connectivity index (χ3v) is 2.74. The molecule has 0 saturated carbocycles. The van der Waals surface area contributed by atoms with Gasteiger partial charge in [0.05, 0.1) is 7.11 Å². The van der Waals surface area contributed by atoms with Crippen molar-refractivity contribution in [2.75, 3.05) is 13.7 Å². The van der Waals surface area contributed by atoms with Gasteiger partial charge in [0.2, 0.25) is 0 Å². The lowest BCUT2D eigenvalue weighted by Crippen LogP contribution is -2.24. The van der Waals surface area contributed by atoms with E-state index in [4.69, 9.17) is 4.74 Å². The second kappa shape index (κ2) is 7.71. The van der Waals surface area contributed by atoms with Crippen LogP contribution in [-0.2, 0) is 11.3 Å². The molecule has 0 bridgehead atoms. The molecule has 1 aromatic heterocycles. The van der Waals surface area contributed by atoms with Gasteiger partial charge in [0.25, 0.3) is 0 Å². The van der Waals surface area contributed by atoms with Crippen LogP contribution in [0.5, 0.6) is 0 Å². The summed E-state index contributed by atoms with van der Waals surface area (Å²) in [7, 11) is 1.67. The molecule has 0 saturated heterocycles. The molecular formula is C14H22N2O. The molecule has 0 unspecified atom stereocenters. The number of aromatic nitrogens is 1. The van der Waals surface area contributed by atoms with Crippen LogP contribution in [0.2, 0.25) is 0 Å². The largest absolute Gasteiger partial charge is 0.483 e. The molecule has 0 fully saturated rings. The van der Waals surface area contributed by atoms with Gasteiger partial charge in [-0.3, -0.25) is 4.98 Å². The number of hydrogen-bond donors (Lipinski definition) is 0. The molecule has 17 heavy (non-hydrogen) atoms. The second-order valence-corrected chi connectivity index (χ2v) is 4.08. The van der Waals surface area contributed by atoms with E-state index in [2.05, 4.69) is 23.4 Å². The molecule has 0 radical (unpaired) electrons. The molecule has 0 spiro atoms. The lowest BCUT2D eigenvalue weighted by Gasteiger charge is -2.25. The lowest BCUT2D eigenvalue weighted by molar-refractivity contribution is 0.147. The van der Waals surface area contributed by atoms with E-state index in [1.165, 1.54) is 24.8 Å². The lowest BCUT2D eigenvalue weighted by atomic mass is 10.2. The minimum Gasteiger partial charge on any atom is -0.483 e. The van der Waals surface area contributed by atoms with Crippen LogP contribution in [0.3, 0.4) is 0 Å². The van der Waals surface area contributed by atoms with Gasteiger partial charge in [0.15, 0.2) is 5.88 Å². The summed E-state index contributed by atoms with van der Waals surface area (Å²) in [6, 6.07) is 4.05. The van der Waals surface area contributed by atoms with Gasteiger partial charge in [-0.1, -0.05) is 19.8 Å². The Morgan fingerprint density at radius 2 is 2.06 bits per heavy atom. The smallest absolute Gasteiger partial charge is 0.181 e. The molecule has 0 aliphatic rings. The molecule has 1 aromatic rings. The van der Waals surface area contributed by atoms with Crippen molar-refractivity contribution in [3.63, 3.8) is 0 Å². The van der Waals surface area contributed by atoms with Crippen molar-refractivity contribution in [1.29, 1.82) is 0 Å². The molecule has 0 atom stereocenters. The first kappa shape index (κ1) is 13.6. The maximum Gasteiger partial charge on any atom is 0.181 e. The first-order valence-corrected chi connectivity index (χ1v) is 6.14. The predicted octanol–water partition coefficient (Wildman–Crippen LogP) is 3.19. The van der Waals surface area contributed by atoms with Crippen LogP contribution in [0.4, 0.5) is 0 Å². The van der Waals surface area contributed by atoms with Crippen LogP contribution in [0, 0.1) is 0 Å². The van der Waals surface area contributed by atoms with Crippen molar-refractivity contribution in [3.8, 4) is 0 Å². The average molecular weight is 234 g/mol. The Bertz CT molecular complexity index is 324. The van der Waals surface area contributed by atoms with E-state index in [9.17, 15) is 0 Å². The predicted molar refractivity (Wildman–Crippen MR) is 70.3 cm³/mol. The zero-order chi connectivity index (χ0) is 12.5. The topological polar surface area (TPSA) is 25.4 Å². The van der Waals surface area contributed by atoms with Gasteiger partial charge >= 0.3 is 0 Å². The number of nitrogens with zero attached hydrogens (tertiary/aromatic N) is 2. The summed E-state index contributed by atoms with van der Waals surface area (Å²) < 4.78 is 5.23. The van der Waals surface area contributed by atoms with E-state index >= 15 is 0 Å². The molecule has 0 amide bonds. The number of methoxy groups -OCH3 is 1. The maximum atomic E-state index is 5.23. The van der Waals surface area contributed by atoms with E-state index in [0.29, 0.717) is 0 Å². The summed E-state index contributed by atoms with van der Waals surface area (Å²) in [5.74, 6) is 0.734. The highest BCUT2D eigenvalue weighted by Crippen LogP contribution is 2.11. The van der Waals surface area contributed by atoms with Crippen LogP contribution >= 0.6 is 0 Å². The van der Waals surface area contributed by atoms with Crippen LogP contribution in [0.15, 0.2) is 37.0 Å². The van der Waals surface area contributed by atoms with Crippen LogP contribution in [0.25, 0.3) is 0 Å². The monoisotopic (exact) mass is 234 g/mol. The van der Waals surface area contributed by atoms with Crippen molar-refractivity contribution >= 4 is 0 Å². The Labute approximate surface area is 104 Å². The second-order valence-electron chi connectivity index (χ2n) is 4.08. The molecule has 0 aliphatic carbocycles. The highest BCUT2D eigenvalue weighted by atomic mass is 16.5. The molecule has 0 N–H and O–H groups in total. The van der Waals surface area contributed by atoms with Gasteiger partial charge in [0.1, 0.15) is 0 Å². The maximum absolute atomic E-state index is 5.23. The van der Waals surface area contributed by atoms with Gasteiger partial charge in [-0.2, -0.15) is 0 Å². The van der Waals surface area contributed by atoms with E-state index in [-0.39, 0.29) is 0 Å². The van der Waals surface area contributed by atoms with Crippen molar-refractivity contribution < 1.29 is 4.74 Å². The minimum atomic E-state index is 0.734. The van der Waals surface area contributed by atoms with Crippen molar-refractivity contribution in [3.05, 3.63) is 42.6 Å². The number of unbranched alkanes of at least 4 members (excludes halogenated alkanes) is 2. The minimum absolute atomic E-state index is 0.734. The Hall–Kier alpha value is -1.51. The molecule has 3 nitrogen and oxygen atoms in total. The summed E-state index contributed by atoms with van der Waals surface area (Å²) in [5.41, 5.74) is 1.23. The quantitative estimate of drug-likeness (QED) is 0.510. The summed E-state index contributed by atoms with van der Waals surface area (Å²) in [5, 5.41) is 0. The van der Waals surface area contributed by atoms with Crippen molar-refractivity contribution in [2.45, 2.75) is 32.7 Å². The Kier molecular flexibility index (Phi) is 6.15. The van der Waals surface area contributed by atoms with Crippen LogP contribution in [-0.4, -0.2) is 23.5 Å². The zero-order valence-electron chi connectivity index (χ0n) is 10.9. The SMILES string of the molecule is C=C(OC)N(CCCCC)Cc1ccncc1. The number of ether oxygens (including phenoxy) is 1. The van der Waals surface area contributed by atoms with Crippen LogP contribution in [0.1, 0.15) is 31.7 Å². The fraction of sp³-hybridized carbons (Fsp3) is 0.500. The molecule has 3 heteroatoms. The fourth-order valence-corrected chi connectivity index (χ4v) is 1.68. The Morgan fingerprint density at radius 3 is 2.65 bits per heavy atom. The summed E-state index contributed by atoms with van der Waals surface area (Å²) in [4.78, 5) is 6.19. The van der Waals surface area contributed by atoms with Gasteiger partial charge in [-0.05, 0) is 30.7 Å². The normalized spacial score (nSPS) is 10.0. The highest BCUT2D eigenvalue weighted by Gasteiger charge is 2.08. The third kappa shape index (κ3) is 4.89. The number of hydrogen-bond acceptors (Lipinski definition) is 3. The molecular weight excluding hydrogens is 212 g/mol. The third-order valence-electron chi connectivity index (χ3n) is 2.74. The first-order valence-electron chi connectivity index (χ1n) is 6.14. The Balaban J connectivity index is 2.54. The number of rotatable bonds is 8. The summed E-state index contributed by atoms with van der Waals surface area (Å²) in [6.45, 7) is 7.96. The van der Waals surface area contributed by atoms with E-state index < -0.39 is 0 Å². The molecule has 0 aromatic carbocycles. The molecule has 1 rings (SSSR count). The summed E-state index contributed by atoms with van der Waals surface area (Å²) >= 11 is 0. The molecule has 94 valence electrons. The number of pyridine rings is 1. The standard InChI is InChI=1S/C14H22N2O/c1-4-5-6-11-16(13(2)17-3)12-14-7-9-15-10-8-14/h7-10H,2,4-6,11-12H2,1,3H3. The molecule has 1 heterocycles. The Morgan fingerprint density at radius 1 is 1.35 bits per heavy atom. The van der Waals surface area contributed by atoms with Gasteiger partial charge in [-0.15, -0.1) is 0 Å². The zero-order valence-corrected chi connectivity index (χ0v) is 10.9. The highest BCUT2D eigenvalue weighted by molar-refractivity contribution is 5.10. The van der Waals surface area contributed by atoms with Crippen LogP contribution < -0.4 is 0 Å². The van der Waals surface area contributed by atoms with E-state index in [1.54, 1.807) is 7.11 Å². The van der Waals surface area contributed by atoms with Gasteiger partial charge < -0.3 is 9.64 Å². The van der Waals surface area contributed by atoms with E-state index in [1.807, 2.05) is 24.5 Å². The van der Waals surface area contributed by atoms with E-state index in [0.717, 1.165) is 19.0 Å². The van der Waals surface area contributed by atoms with Gasteiger partial charge in [0, 0.05) is 25.5 Å². The summed E-state index contributed by atoms with van der Waals surface area (Å²) in [6.07, 6.45) is 7.26.